The van der Waals surface area contributed by atoms with Crippen LogP contribution < -0.4 is 0 Å². The van der Waals surface area contributed by atoms with Gasteiger partial charge in [0, 0.05) is 0 Å². The number of allylic oxidation sites excluding steroid dienone is 1. The lowest BCUT2D eigenvalue weighted by Gasteiger charge is -2.40. The largest absolute Gasteiger partial charge is 0.405 e. The van der Waals surface area contributed by atoms with Crippen LogP contribution in [0.25, 0.3) is 0 Å². The van der Waals surface area contributed by atoms with Crippen molar-refractivity contribution in [3.05, 3.63) is 11.6 Å². The molecular formula is C15H28O2Si. The van der Waals surface area contributed by atoms with Crippen molar-refractivity contribution in [1.82, 2.24) is 0 Å². The summed E-state index contributed by atoms with van der Waals surface area (Å²) in [6.07, 6.45) is 6.18. The van der Waals surface area contributed by atoms with E-state index in [1.54, 1.807) is 0 Å². The first kappa shape index (κ1) is 14.3. The highest BCUT2D eigenvalue weighted by molar-refractivity contribution is 6.73. The Hall–Kier alpha value is -0.123. The van der Waals surface area contributed by atoms with Crippen LogP contribution in [-0.2, 0) is 9.16 Å². The van der Waals surface area contributed by atoms with Crippen molar-refractivity contribution in [3.8, 4) is 0 Å². The lowest BCUT2D eigenvalue weighted by Crippen LogP contribution is -2.50. The minimum absolute atomic E-state index is 0.0387. The maximum Gasteiger partial charge on any atom is 0.193 e. The summed E-state index contributed by atoms with van der Waals surface area (Å²) in [5.41, 5.74) is 1.38. The zero-order chi connectivity index (χ0) is 13.2. The maximum atomic E-state index is 6.91. The number of fused-ring (bicyclic) bond motifs is 1. The molecular weight excluding hydrogens is 240 g/mol. The first-order chi connectivity index (χ1) is 8.66. The molecule has 1 heterocycles. The average Bonchev–Trinajstić information content (AvgIpc) is 2.93. The quantitative estimate of drug-likeness (QED) is 0.547. The molecule has 2 atom stereocenters. The van der Waals surface area contributed by atoms with Gasteiger partial charge < -0.3 is 9.16 Å². The third-order valence-corrected chi connectivity index (χ3v) is 9.86. The second-order valence-corrected chi connectivity index (χ2v) is 10.4. The Morgan fingerprint density at radius 2 is 2.00 bits per heavy atom. The van der Waals surface area contributed by atoms with Crippen LogP contribution in [0.3, 0.4) is 0 Å². The van der Waals surface area contributed by atoms with Crippen LogP contribution in [-0.4, -0.2) is 26.6 Å². The molecule has 0 aromatic carbocycles. The molecule has 0 bridgehead atoms. The monoisotopic (exact) mass is 268 g/mol. The second kappa shape index (κ2) is 5.47. The first-order valence-electron chi connectivity index (χ1n) is 7.63. The molecule has 1 saturated carbocycles. The topological polar surface area (TPSA) is 18.5 Å². The van der Waals surface area contributed by atoms with E-state index in [-0.39, 0.29) is 5.60 Å². The normalized spacial score (nSPS) is 34.2. The summed E-state index contributed by atoms with van der Waals surface area (Å²) >= 11 is 0. The lowest BCUT2D eigenvalue weighted by atomic mass is 9.93. The maximum absolute atomic E-state index is 6.91. The van der Waals surface area contributed by atoms with Crippen LogP contribution in [0.5, 0.6) is 0 Å². The van der Waals surface area contributed by atoms with Gasteiger partial charge in [-0.2, -0.15) is 0 Å². The van der Waals surface area contributed by atoms with Crippen LogP contribution in [0.1, 0.15) is 47.0 Å². The average molecular weight is 268 g/mol. The van der Waals surface area contributed by atoms with Gasteiger partial charge in [-0.15, -0.1) is 0 Å². The minimum Gasteiger partial charge on any atom is -0.405 e. The van der Waals surface area contributed by atoms with Gasteiger partial charge in [0.25, 0.3) is 0 Å². The molecule has 0 radical (unpaired) electrons. The van der Waals surface area contributed by atoms with E-state index in [0.29, 0.717) is 6.10 Å². The van der Waals surface area contributed by atoms with Crippen LogP contribution in [0.15, 0.2) is 11.6 Å². The summed E-state index contributed by atoms with van der Waals surface area (Å²) in [7, 11) is -1.56. The van der Waals surface area contributed by atoms with Gasteiger partial charge in [-0.05, 0) is 49.9 Å². The molecule has 0 amide bonds. The van der Waals surface area contributed by atoms with Crippen LogP contribution in [0.2, 0.25) is 18.1 Å². The Morgan fingerprint density at radius 1 is 1.33 bits per heavy atom. The zero-order valence-electron chi connectivity index (χ0n) is 12.4. The number of rotatable bonds is 5. The third-order valence-electron chi connectivity index (χ3n) is 5.20. The molecule has 1 aliphatic heterocycles. The lowest BCUT2D eigenvalue weighted by molar-refractivity contribution is 0.00553. The van der Waals surface area contributed by atoms with Crippen LogP contribution in [0, 0.1) is 0 Å². The van der Waals surface area contributed by atoms with Crippen molar-refractivity contribution in [2.75, 3.05) is 6.61 Å². The highest BCUT2D eigenvalue weighted by Crippen LogP contribution is 2.48. The molecule has 2 aliphatic rings. The van der Waals surface area contributed by atoms with Gasteiger partial charge in [0.1, 0.15) is 5.60 Å². The Balaban J connectivity index is 2.28. The van der Waals surface area contributed by atoms with Crippen molar-refractivity contribution >= 4 is 8.32 Å². The van der Waals surface area contributed by atoms with E-state index in [9.17, 15) is 0 Å². The first-order valence-corrected chi connectivity index (χ1v) is 10.2. The van der Waals surface area contributed by atoms with Gasteiger partial charge in [-0.25, -0.2) is 0 Å². The summed E-state index contributed by atoms with van der Waals surface area (Å²) in [6, 6.07) is 3.68. The molecule has 0 aromatic rings. The van der Waals surface area contributed by atoms with Crippen molar-refractivity contribution in [2.45, 2.75) is 76.8 Å². The summed E-state index contributed by atoms with van der Waals surface area (Å²) in [5.74, 6) is 0. The number of hydrogen-bond donors (Lipinski definition) is 0. The van der Waals surface area contributed by atoms with E-state index in [4.69, 9.17) is 9.16 Å². The standard InChI is InChI=1S/C15H28O2Si/c1-5-13-12-16-14-10-9-11-15(13,14)17-18(6-2,7-3)8-4/h5,14H,6-12H2,1-4H3/b13-5+/t14-,15+/m1/s1. The fourth-order valence-corrected chi connectivity index (χ4v) is 6.78. The molecule has 18 heavy (non-hydrogen) atoms. The van der Waals surface area contributed by atoms with E-state index >= 15 is 0 Å². The highest BCUT2D eigenvalue weighted by Gasteiger charge is 2.54. The van der Waals surface area contributed by atoms with Gasteiger partial charge in [-0.1, -0.05) is 26.8 Å². The fraction of sp³-hybridized carbons (Fsp3) is 0.867. The third kappa shape index (κ3) is 2.10. The molecule has 1 aliphatic carbocycles. The zero-order valence-corrected chi connectivity index (χ0v) is 13.4. The predicted molar refractivity (Wildman–Crippen MR) is 78.4 cm³/mol. The van der Waals surface area contributed by atoms with E-state index in [1.807, 2.05) is 0 Å². The van der Waals surface area contributed by atoms with Crippen LogP contribution >= 0.6 is 0 Å². The fourth-order valence-electron chi connectivity index (χ4n) is 3.70. The summed E-state index contributed by atoms with van der Waals surface area (Å²) in [5, 5.41) is 0. The van der Waals surface area contributed by atoms with E-state index in [0.717, 1.165) is 6.61 Å². The molecule has 2 nitrogen and oxygen atoms in total. The number of hydrogen-bond acceptors (Lipinski definition) is 2. The summed E-state index contributed by atoms with van der Waals surface area (Å²) < 4.78 is 12.9. The van der Waals surface area contributed by atoms with Gasteiger partial charge in [0.15, 0.2) is 8.32 Å². The van der Waals surface area contributed by atoms with Crippen molar-refractivity contribution in [1.29, 1.82) is 0 Å². The SMILES string of the molecule is C/C=C1\CO[C@@H]2CCC[C@]12O[Si](CC)(CC)CC. The molecule has 0 unspecified atom stereocenters. The van der Waals surface area contributed by atoms with Crippen LogP contribution in [0.4, 0.5) is 0 Å². The molecule has 0 aromatic heterocycles. The molecule has 0 N–H and O–H groups in total. The minimum atomic E-state index is -1.56. The van der Waals surface area contributed by atoms with E-state index in [2.05, 4.69) is 33.8 Å². The van der Waals surface area contributed by atoms with Crippen molar-refractivity contribution in [3.63, 3.8) is 0 Å². The van der Waals surface area contributed by atoms with Crippen molar-refractivity contribution < 1.29 is 9.16 Å². The Morgan fingerprint density at radius 3 is 2.56 bits per heavy atom. The van der Waals surface area contributed by atoms with E-state index < -0.39 is 8.32 Å². The smallest absolute Gasteiger partial charge is 0.193 e. The predicted octanol–water partition coefficient (Wildman–Crippen LogP) is 4.28. The van der Waals surface area contributed by atoms with E-state index in [1.165, 1.54) is 43.0 Å². The van der Waals surface area contributed by atoms with Gasteiger partial charge >= 0.3 is 0 Å². The van der Waals surface area contributed by atoms with Gasteiger partial charge in [0.05, 0.1) is 12.7 Å². The summed E-state index contributed by atoms with van der Waals surface area (Å²) in [6.45, 7) is 9.86. The van der Waals surface area contributed by atoms with Gasteiger partial charge in [0.2, 0.25) is 0 Å². The second-order valence-electron chi connectivity index (χ2n) is 5.74. The van der Waals surface area contributed by atoms with Gasteiger partial charge in [-0.3, -0.25) is 0 Å². The molecule has 1 saturated heterocycles. The Bertz CT molecular complexity index is 314. The molecule has 0 spiro atoms. The highest BCUT2D eigenvalue weighted by atomic mass is 28.4. The number of ether oxygens (including phenoxy) is 1. The molecule has 2 fully saturated rings. The molecule has 2 rings (SSSR count). The summed E-state index contributed by atoms with van der Waals surface area (Å²) in [4.78, 5) is 0. The molecule has 104 valence electrons. The Kier molecular flexibility index (Phi) is 4.35. The van der Waals surface area contributed by atoms with Crippen molar-refractivity contribution in [2.24, 2.45) is 0 Å². The molecule has 3 heteroatoms. The Labute approximate surface area is 113 Å².